The molecule has 0 spiro atoms. The lowest BCUT2D eigenvalue weighted by atomic mass is 9.98. The molecule has 2 aliphatic rings. The number of hydrogen-bond donors (Lipinski definition) is 2. The van der Waals surface area contributed by atoms with Gasteiger partial charge in [-0.25, -0.2) is 0 Å². The smallest absolute Gasteiger partial charge is 0.183 e. The summed E-state index contributed by atoms with van der Waals surface area (Å²) in [5.41, 5.74) is 2.37. The quantitative estimate of drug-likeness (QED) is 0.161. The normalized spacial score (nSPS) is 24.6. The molecule has 5 heteroatoms. The number of rotatable bonds is 20. The fourth-order valence-electron chi connectivity index (χ4n) is 5.97. The van der Waals surface area contributed by atoms with E-state index in [0.717, 1.165) is 44.4 Å². The summed E-state index contributed by atoms with van der Waals surface area (Å²) in [5, 5.41) is 7.23. The van der Waals surface area contributed by atoms with Crippen LogP contribution >= 0.6 is 0 Å². The zero-order valence-electron chi connectivity index (χ0n) is 25.6. The van der Waals surface area contributed by atoms with Gasteiger partial charge < -0.3 is 14.2 Å². The topological polar surface area (TPSA) is 51.8 Å². The van der Waals surface area contributed by atoms with Crippen molar-refractivity contribution in [3.05, 3.63) is 35.4 Å². The van der Waals surface area contributed by atoms with Gasteiger partial charge in [-0.3, -0.25) is 10.6 Å². The van der Waals surface area contributed by atoms with E-state index in [4.69, 9.17) is 14.2 Å². The summed E-state index contributed by atoms with van der Waals surface area (Å²) in [7, 11) is 0. The van der Waals surface area contributed by atoms with Crippen LogP contribution in [0.5, 0.6) is 0 Å². The molecule has 5 nitrogen and oxygen atoms in total. The van der Waals surface area contributed by atoms with Gasteiger partial charge in [-0.05, 0) is 24.3 Å². The number of nitrogens with one attached hydrogen (secondary N) is 2. The molecule has 2 saturated heterocycles. The minimum Gasteiger partial charge on any atom is -0.376 e. The Kier molecular flexibility index (Phi) is 16.7. The SMILES string of the molecule is CCCCCCCCC1COC(c2ccc(C3NCC(OCCCCCCCC(C)CCC)CN3)cc2)OC1. The van der Waals surface area contributed by atoms with Gasteiger partial charge in [-0.1, -0.05) is 129 Å². The van der Waals surface area contributed by atoms with E-state index in [-0.39, 0.29) is 18.6 Å². The lowest BCUT2D eigenvalue weighted by molar-refractivity contribution is -0.206. The minimum absolute atomic E-state index is 0.170. The van der Waals surface area contributed by atoms with Crippen molar-refractivity contribution in [2.24, 2.45) is 11.8 Å². The Labute approximate surface area is 240 Å². The van der Waals surface area contributed by atoms with Crippen LogP contribution in [0, 0.1) is 11.8 Å². The molecule has 0 saturated carbocycles. The largest absolute Gasteiger partial charge is 0.376 e. The minimum atomic E-state index is -0.227. The molecular formula is C34H60N2O3. The van der Waals surface area contributed by atoms with Gasteiger partial charge in [-0.15, -0.1) is 0 Å². The Balaban J connectivity index is 1.22. The average molecular weight is 545 g/mol. The fourth-order valence-corrected chi connectivity index (χ4v) is 5.97. The van der Waals surface area contributed by atoms with Crippen molar-refractivity contribution in [1.82, 2.24) is 10.6 Å². The molecule has 0 amide bonds. The Morgan fingerprint density at radius 1 is 0.744 bits per heavy atom. The van der Waals surface area contributed by atoms with E-state index >= 15 is 0 Å². The van der Waals surface area contributed by atoms with Crippen molar-refractivity contribution in [2.75, 3.05) is 32.9 Å². The second-order valence-electron chi connectivity index (χ2n) is 12.3. The van der Waals surface area contributed by atoms with Crippen LogP contribution in [0.3, 0.4) is 0 Å². The zero-order chi connectivity index (χ0) is 27.5. The second kappa shape index (κ2) is 20.0. The Bertz CT molecular complexity index is 712. The van der Waals surface area contributed by atoms with Crippen molar-refractivity contribution >= 4 is 0 Å². The predicted octanol–water partition coefficient (Wildman–Crippen LogP) is 8.45. The maximum Gasteiger partial charge on any atom is 0.183 e. The van der Waals surface area contributed by atoms with Crippen LogP contribution < -0.4 is 10.6 Å². The lowest BCUT2D eigenvalue weighted by Gasteiger charge is -2.32. The summed E-state index contributed by atoms with van der Waals surface area (Å²) >= 11 is 0. The second-order valence-corrected chi connectivity index (χ2v) is 12.3. The Hall–Kier alpha value is -0.980. The van der Waals surface area contributed by atoms with Gasteiger partial charge >= 0.3 is 0 Å². The number of unbranched alkanes of at least 4 members (excludes halogenated alkanes) is 9. The predicted molar refractivity (Wildman–Crippen MR) is 163 cm³/mol. The molecule has 2 heterocycles. The van der Waals surface area contributed by atoms with Crippen LogP contribution in [-0.4, -0.2) is 39.0 Å². The third kappa shape index (κ3) is 13.0. The van der Waals surface area contributed by atoms with Crippen LogP contribution in [0.2, 0.25) is 0 Å². The molecule has 1 atom stereocenters. The average Bonchev–Trinajstić information content (AvgIpc) is 2.97. The van der Waals surface area contributed by atoms with E-state index < -0.39 is 0 Å². The molecule has 39 heavy (non-hydrogen) atoms. The summed E-state index contributed by atoms with van der Waals surface area (Å²) < 4.78 is 18.3. The van der Waals surface area contributed by atoms with Gasteiger partial charge in [0.2, 0.25) is 0 Å². The highest BCUT2D eigenvalue weighted by atomic mass is 16.7. The monoisotopic (exact) mass is 544 g/mol. The van der Waals surface area contributed by atoms with Crippen molar-refractivity contribution in [3.8, 4) is 0 Å². The first kappa shape index (κ1) is 32.5. The van der Waals surface area contributed by atoms with Gasteiger partial charge in [0.25, 0.3) is 0 Å². The van der Waals surface area contributed by atoms with E-state index in [0.29, 0.717) is 5.92 Å². The summed E-state index contributed by atoms with van der Waals surface area (Å²) in [5.74, 6) is 1.44. The van der Waals surface area contributed by atoms with Crippen molar-refractivity contribution < 1.29 is 14.2 Å². The summed E-state index contributed by atoms with van der Waals surface area (Å²) in [6.07, 6.45) is 20.2. The fraction of sp³-hybridized carbons (Fsp3) is 0.824. The third-order valence-electron chi connectivity index (χ3n) is 8.55. The Morgan fingerprint density at radius 2 is 1.36 bits per heavy atom. The molecule has 1 unspecified atom stereocenters. The van der Waals surface area contributed by atoms with Crippen LogP contribution in [0.15, 0.2) is 24.3 Å². The summed E-state index contributed by atoms with van der Waals surface area (Å²) in [6, 6.07) is 8.70. The highest BCUT2D eigenvalue weighted by molar-refractivity contribution is 5.26. The van der Waals surface area contributed by atoms with E-state index in [9.17, 15) is 0 Å². The van der Waals surface area contributed by atoms with Crippen LogP contribution in [0.4, 0.5) is 0 Å². The first-order valence-electron chi connectivity index (χ1n) is 16.6. The van der Waals surface area contributed by atoms with E-state index in [1.54, 1.807) is 0 Å². The van der Waals surface area contributed by atoms with Crippen molar-refractivity contribution in [3.63, 3.8) is 0 Å². The van der Waals surface area contributed by atoms with Crippen molar-refractivity contribution in [1.29, 1.82) is 0 Å². The maximum absolute atomic E-state index is 6.14. The van der Waals surface area contributed by atoms with Gasteiger partial charge in [0.15, 0.2) is 6.29 Å². The van der Waals surface area contributed by atoms with E-state index in [1.165, 1.54) is 102 Å². The summed E-state index contributed by atoms with van der Waals surface area (Å²) in [6.45, 7) is 11.2. The van der Waals surface area contributed by atoms with Crippen LogP contribution in [0.25, 0.3) is 0 Å². The molecule has 1 aromatic rings. The molecule has 2 fully saturated rings. The lowest BCUT2D eigenvalue weighted by Crippen LogP contribution is -2.50. The van der Waals surface area contributed by atoms with E-state index in [2.05, 4.69) is 55.7 Å². The van der Waals surface area contributed by atoms with Gasteiger partial charge in [-0.2, -0.15) is 0 Å². The molecule has 0 aromatic heterocycles. The third-order valence-corrected chi connectivity index (χ3v) is 8.55. The van der Waals surface area contributed by atoms with Crippen LogP contribution in [-0.2, 0) is 14.2 Å². The molecular weight excluding hydrogens is 484 g/mol. The van der Waals surface area contributed by atoms with Gasteiger partial charge in [0, 0.05) is 31.2 Å². The summed E-state index contributed by atoms with van der Waals surface area (Å²) in [4.78, 5) is 0. The molecule has 0 bridgehead atoms. The molecule has 224 valence electrons. The maximum atomic E-state index is 6.14. The van der Waals surface area contributed by atoms with Gasteiger partial charge in [0.05, 0.1) is 25.5 Å². The van der Waals surface area contributed by atoms with Gasteiger partial charge in [0.1, 0.15) is 0 Å². The highest BCUT2D eigenvalue weighted by Crippen LogP contribution is 2.28. The number of benzene rings is 1. The number of hydrogen-bond acceptors (Lipinski definition) is 5. The zero-order valence-corrected chi connectivity index (χ0v) is 25.6. The molecule has 3 rings (SSSR count). The standard InChI is InChI=1S/C34H60N2O3/c1-4-6-7-8-11-14-18-29-26-38-34(39-27-29)31-21-19-30(20-22-31)33-35-24-32(25-36-33)37-23-15-12-9-10-13-17-28(3)16-5-2/h19-22,28-29,32-36H,4-18,23-27H2,1-3H3. The molecule has 2 aliphatic heterocycles. The van der Waals surface area contributed by atoms with Crippen molar-refractivity contribution in [2.45, 2.75) is 136 Å². The van der Waals surface area contributed by atoms with Crippen LogP contribution in [0.1, 0.15) is 141 Å². The first-order valence-corrected chi connectivity index (χ1v) is 16.6. The first-order chi connectivity index (χ1) is 19.2. The van der Waals surface area contributed by atoms with E-state index in [1.807, 2.05) is 0 Å². The Morgan fingerprint density at radius 3 is 2.05 bits per heavy atom. The molecule has 0 aliphatic carbocycles. The highest BCUT2D eigenvalue weighted by Gasteiger charge is 2.25. The molecule has 1 aromatic carbocycles. The molecule has 0 radical (unpaired) electrons. The number of ether oxygens (including phenoxy) is 3. The molecule has 2 N–H and O–H groups in total.